The Balaban J connectivity index is 3.02. The first-order chi connectivity index (χ1) is 6.18. The molecule has 0 amide bonds. The Labute approximate surface area is 84.1 Å². The van der Waals surface area contributed by atoms with Crippen molar-refractivity contribution in [3.8, 4) is 0 Å². The van der Waals surface area contributed by atoms with Crippen LogP contribution in [-0.2, 0) is 19.6 Å². The maximum absolute atomic E-state index is 11.9. The number of esters is 1. The van der Waals surface area contributed by atoms with Gasteiger partial charge in [0.15, 0.2) is 6.73 Å². The average Bonchev–Trinajstić information content (AvgIpc) is 2.30. The van der Waals surface area contributed by atoms with Crippen molar-refractivity contribution in [1.82, 2.24) is 4.31 Å². The second-order valence-corrected chi connectivity index (χ2v) is 6.92. The Hall–Kier alpha value is -0.620. The fourth-order valence-electron chi connectivity index (χ4n) is 1.11. The third-order valence-corrected chi connectivity index (χ3v) is 4.78. The third kappa shape index (κ3) is 1.64. The van der Waals surface area contributed by atoms with E-state index in [9.17, 15) is 13.2 Å². The smallest absolute Gasteiger partial charge is 0.325 e. The van der Waals surface area contributed by atoms with Crippen molar-refractivity contribution in [3.63, 3.8) is 0 Å². The molecule has 0 spiro atoms. The minimum Gasteiger partial charge on any atom is -0.447 e. The van der Waals surface area contributed by atoms with Crippen LogP contribution in [0.5, 0.6) is 0 Å². The van der Waals surface area contributed by atoms with Crippen molar-refractivity contribution < 1.29 is 17.9 Å². The summed E-state index contributed by atoms with van der Waals surface area (Å²) in [4.78, 5) is 11.0. The van der Waals surface area contributed by atoms with Crippen LogP contribution >= 0.6 is 0 Å². The van der Waals surface area contributed by atoms with E-state index in [2.05, 4.69) is 4.74 Å². The van der Waals surface area contributed by atoms with Gasteiger partial charge in [-0.3, -0.25) is 4.79 Å². The summed E-state index contributed by atoms with van der Waals surface area (Å²) in [6, 6.07) is -0.709. The van der Waals surface area contributed by atoms with Gasteiger partial charge in [0.05, 0.1) is 4.75 Å². The molecule has 1 saturated heterocycles. The Kier molecular flexibility index (Phi) is 2.62. The molecule has 0 aromatic carbocycles. The van der Waals surface area contributed by atoms with Crippen LogP contribution in [0.15, 0.2) is 0 Å². The summed E-state index contributed by atoms with van der Waals surface area (Å²) in [5, 5.41) is 0. The maximum atomic E-state index is 11.9. The van der Waals surface area contributed by atoms with E-state index < -0.39 is 26.8 Å². The number of hydrogen-bond donors (Lipinski definition) is 0. The summed E-state index contributed by atoms with van der Waals surface area (Å²) >= 11 is 0. The van der Waals surface area contributed by atoms with E-state index in [1.807, 2.05) is 0 Å². The molecular weight excluding hydrogens is 206 g/mol. The van der Waals surface area contributed by atoms with E-state index in [1.54, 1.807) is 20.8 Å². The van der Waals surface area contributed by atoms with Gasteiger partial charge < -0.3 is 4.74 Å². The Morgan fingerprint density at radius 3 is 2.21 bits per heavy atom. The molecule has 0 aliphatic carbocycles. The van der Waals surface area contributed by atoms with Crippen molar-refractivity contribution in [1.29, 1.82) is 0 Å². The Bertz CT molecular complexity index is 341. The molecule has 1 aliphatic heterocycles. The fourth-order valence-corrected chi connectivity index (χ4v) is 2.50. The summed E-state index contributed by atoms with van der Waals surface area (Å²) in [7, 11) is -3.47. The number of carbonyl (C=O) groups excluding carboxylic acids is 1. The molecule has 1 fully saturated rings. The van der Waals surface area contributed by atoms with Gasteiger partial charge in [-0.15, -0.1) is 0 Å². The number of nitrogens with zero attached hydrogens (tertiary/aromatic N) is 1. The molecule has 1 atom stereocenters. The minimum atomic E-state index is -3.47. The molecule has 1 aliphatic rings. The zero-order valence-electron chi connectivity index (χ0n) is 8.77. The van der Waals surface area contributed by atoms with Gasteiger partial charge in [-0.05, 0) is 27.7 Å². The van der Waals surface area contributed by atoms with Crippen LogP contribution in [0.3, 0.4) is 0 Å². The second-order valence-electron chi connectivity index (χ2n) is 4.27. The zero-order chi connectivity index (χ0) is 11.1. The molecule has 0 aromatic heterocycles. The summed E-state index contributed by atoms with van der Waals surface area (Å²) in [5.41, 5.74) is 0. The molecule has 0 saturated carbocycles. The molecule has 1 rings (SSSR count). The lowest BCUT2D eigenvalue weighted by atomic mass is 10.3. The minimum absolute atomic E-state index is 0.167. The fraction of sp³-hybridized carbons (Fsp3) is 0.875. The average molecular weight is 221 g/mol. The zero-order valence-corrected chi connectivity index (χ0v) is 9.59. The lowest BCUT2D eigenvalue weighted by molar-refractivity contribution is -0.138. The predicted octanol–water partition coefficient (Wildman–Crippen LogP) is 0.319. The quantitative estimate of drug-likeness (QED) is 0.598. The van der Waals surface area contributed by atoms with E-state index in [1.165, 1.54) is 6.92 Å². The van der Waals surface area contributed by atoms with Gasteiger partial charge in [0, 0.05) is 0 Å². The van der Waals surface area contributed by atoms with Crippen LogP contribution in [-0.4, -0.2) is 36.2 Å². The molecule has 0 aromatic rings. The van der Waals surface area contributed by atoms with Crippen molar-refractivity contribution in [3.05, 3.63) is 0 Å². The summed E-state index contributed by atoms with van der Waals surface area (Å²) in [6.45, 7) is 6.14. The molecule has 0 N–H and O–H groups in total. The van der Waals surface area contributed by atoms with Gasteiger partial charge in [0.1, 0.15) is 6.04 Å². The lowest BCUT2D eigenvalue weighted by Gasteiger charge is -2.26. The van der Waals surface area contributed by atoms with Gasteiger partial charge in [-0.1, -0.05) is 0 Å². The molecule has 14 heavy (non-hydrogen) atoms. The normalized spacial score (nSPS) is 25.1. The third-order valence-electron chi connectivity index (χ3n) is 2.19. The first-order valence-electron chi connectivity index (χ1n) is 4.36. The second kappa shape index (κ2) is 3.20. The maximum Gasteiger partial charge on any atom is 0.325 e. The molecular formula is C8H15NO4S. The number of hydrogen-bond acceptors (Lipinski definition) is 4. The highest BCUT2D eigenvalue weighted by Gasteiger charge is 2.44. The van der Waals surface area contributed by atoms with Crippen molar-refractivity contribution in [2.24, 2.45) is 0 Å². The molecule has 6 heteroatoms. The van der Waals surface area contributed by atoms with E-state index in [0.717, 1.165) is 4.31 Å². The molecule has 5 nitrogen and oxygen atoms in total. The number of sulfonamides is 1. The van der Waals surface area contributed by atoms with E-state index in [4.69, 9.17) is 0 Å². The first-order valence-corrected chi connectivity index (χ1v) is 5.80. The van der Waals surface area contributed by atoms with Crippen LogP contribution in [0.2, 0.25) is 0 Å². The van der Waals surface area contributed by atoms with Crippen molar-refractivity contribution in [2.45, 2.75) is 38.5 Å². The topological polar surface area (TPSA) is 63.7 Å². The van der Waals surface area contributed by atoms with E-state index in [-0.39, 0.29) is 6.73 Å². The number of cyclic esters (lactones) is 1. The largest absolute Gasteiger partial charge is 0.447 e. The SMILES string of the molecule is C[C@@H]1C(=O)OCN1S(=O)(=O)C(C)(C)C. The van der Waals surface area contributed by atoms with Crippen molar-refractivity contribution in [2.75, 3.05) is 6.73 Å². The van der Waals surface area contributed by atoms with Crippen LogP contribution in [0.4, 0.5) is 0 Å². The van der Waals surface area contributed by atoms with Crippen LogP contribution in [0, 0.1) is 0 Å². The molecule has 1 heterocycles. The molecule has 0 unspecified atom stereocenters. The van der Waals surface area contributed by atoms with Gasteiger partial charge in [-0.25, -0.2) is 8.42 Å². The van der Waals surface area contributed by atoms with Crippen LogP contribution in [0.25, 0.3) is 0 Å². The summed E-state index contributed by atoms with van der Waals surface area (Å²) in [5.74, 6) is -0.488. The van der Waals surface area contributed by atoms with Crippen molar-refractivity contribution >= 4 is 16.0 Å². The summed E-state index contributed by atoms with van der Waals surface area (Å²) in [6.07, 6.45) is 0. The molecule has 0 bridgehead atoms. The predicted molar refractivity (Wildman–Crippen MR) is 50.9 cm³/mol. The summed E-state index contributed by atoms with van der Waals surface area (Å²) < 4.78 is 28.7. The number of rotatable bonds is 1. The first kappa shape index (κ1) is 11.5. The number of ether oxygens (including phenoxy) is 1. The monoisotopic (exact) mass is 221 g/mol. The van der Waals surface area contributed by atoms with Gasteiger partial charge >= 0.3 is 5.97 Å². The van der Waals surface area contributed by atoms with Gasteiger partial charge in [-0.2, -0.15) is 4.31 Å². The molecule has 0 radical (unpaired) electrons. The van der Waals surface area contributed by atoms with Crippen LogP contribution < -0.4 is 0 Å². The van der Waals surface area contributed by atoms with Gasteiger partial charge in [0.2, 0.25) is 10.0 Å². The van der Waals surface area contributed by atoms with Gasteiger partial charge in [0.25, 0.3) is 0 Å². The van der Waals surface area contributed by atoms with Crippen LogP contribution in [0.1, 0.15) is 27.7 Å². The standard InChI is InChI=1S/C8H15NO4S/c1-6-7(10)13-5-9(6)14(11,12)8(2,3)4/h6H,5H2,1-4H3/t6-/m1/s1. The van der Waals surface area contributed by atoms with E-state index >= 15 is 0 Å². The Morgan fingerprint density at radius 2 is 1.93 bits per heavy atom. The molecule has 82 valence electrons. The highest BCUT2D eigenvalue weighted by molar-refractivity contribution is 7.90. The lowest BCUT2D eigenvalue weighted by Crippen LogP contribution is -2.45. The van der Waals surface area contributed by atoms with E-state index in [0.29, 0.717) is 0 Å². The number of carbonyl (C=O) groups is 1. The highest BCUT2D eigenvalue weighted by atomic mass is 32.2. The highest BCUT2D eigenvalue weighted by Crippen LogP contribution is 2.25. The Morgan fingerprint density at radius 1 is 1.43 bits per heavy atom.